The second-order valence-electron chi connectivity index (χ2n) is 9.15. The highest BCUT2D eigenvalue weighted by Gasteiger charge is 2.34. The Kier molecular flexibility index (Phi) is 12.7. The molecule has 12 heteroatoms. The normalized spacial score (nSPS) is 17.1. The van der Waals surface area contributed by atoms with Gasteiger partial charge in [-0.1, -0.05) is 26.0 Å². The van der Waals surface area contributed by atoms with Crippen LogP contribution >= 0.6 is 12.6 Å². The Morgan fingerprint density at radius 2 is 1.97 bits per heavy atom. The van der Waals surface area contributed by atoms with E-state index >= 15 is 0 Å². The van der Waals surface area contributed by atoms with Crippen LogP contribution < -0.4 is 16.1 Å². The number of aromatic hydroxyl groups is 1. The van der Waals surface area contributed by atoms with Crippen LogP contribution in [0.2, 0.25) is 0 Å². The summed E-state index contributed by atoms with van der Waals surface area (Å²) >= 11 is 4.05. The highest BCUT2D eigenvalue weighted by atomic mass is 32.1. The molecular formula is C25H38N4O7S. The summed E-state index contributed by atoms with van der Waals surface area (Å²) in [4.78, 5) is 51.2. The maximum absolute atomic E-state index is 13.5. The molecule has 1 aromatic rings. The van der Waals surface area contributed by atoms with Crippen molar-refractivity contribution in [2.45, 2.75) is 57.7 Å². The number of hydrazine groups is 1. The molecule has 0 aliphatic carbocycles. The summed E-state index contributed by atoms with van der Waals surface area (Å²) in [6.45, 7) is 4.56. The Hall–Kier alpha value is -2.83. The van der Waals surface area contributed by atoms with Crippen LogP contribution in [0.25, 0.3) is 0 Å². The van der Waals surface area contributed by atoms with Gasteiger partial charge in [0.05, 0.1) is 20.3 Å². The largest absolute Gasteiger partial charge is 0.508 e. The van der Waals surface area contributed by atoms with E-state index in [0.29, 0.717) is 37.3 Å². The zero-order chi connectivity index (χ0) is 27.4. The Morgan fingerprint density at radius 1 is 1.22 bits per heavy atom. The smallest absolute Gasteiger partial charge is 0.324 e. The Bertz CT molecular complexity index is 930. The lowest BCUT2D eigenvalue weighted by atomic mass is 10.00. The summed E-state index contributed by atoms with van der Waals surface area (Å²) in [5, 5.41) is 16.7. The van der Waals surface area contributed by atoms with Crippen molar-refractivity contribution in [3.63, 3.8) is 0 Å². The maximum Gasteiger partial charge on any atom is 0.324 e. The van der Waals surface area contributed by atoms with Gasteiger partial charge in [0.15, 0.2) is 0 Å². The first-order chi connectivity index (χ1) is 17.7. The van der Waals surface area contributed by atoms with Crippen molar-refractivity contribution in [1.82, 2.24) is 21.1 Å². The number of hydrogen-bond acceptors (Lipinski definition) is 9. The standard InChI is InChI=1S/C25H38N4O7S/c1-16(2)22(27-21(31)9-11-36-12-13-37)23(32)26-20(15-17-6-4-7-18(30)14-17)24(33)29-10-5-8-19(28-29)25(34)35-3/h4,6-7,14,16,19-20,22,28,30,37H,5,8-13,15H2,1-3H3,(H,26,32)(H,27,31). The molecule has 1 aliphatic heterocycles. The molecule has 4 N–H and O–H groups in total. The molecule has 37 heavy (non-hydrogen) atoms. The van der Waals surface area contributed by atoms with Gasteiger partial charge in [-0.25, -0.2) is 5.43 Å². The third-order valence-corrected chi connectivity index (χ3v) is 6.06. The number of carbonyl (C=O) groups excluding carboxylic acids is 4. The third kappa shape index (κ3) is 9.86. The first-order valence-corrected chi connectivity index (χ1v) is 13.0. The molecule has 3 amide bonds. The molecule has 0 spiro atoms. The van der Waals surface area contributed by atoms with E-state index in [1.165, 1.54) is 24.3 Å². The first kappa shape index (κ1) is 30.4. The van der Waals surface area contributed by atoms with E-state index in [-0.39, 0.29) is 37.0 Å². The van der Waals surface area contributed by atoms with Gasteiger partial charge in [0.1, 0.15) is 23.9 Å². The Labute approximate surface area is 223 Å². The van der Waals surface area contributed by atoms with Gasteiger partial charge in [0.2, 0.25) is 11.8 Å². The Balaban J connectivity index is 2.17. The number of carbonyl (C=O) groups is 4. The van der Waals surface area contributed by atoms with Crippen LogP contribution in [0.1, 0.15) is 38.7 Å². The van der Waals surface area contributed by atoms with Crippen molar-refractivity contribution in [2.24, 2.45) is 5.92 Å². The van der Waals surface area contributed by atoms with Gasteiger partial charge in [-0.15, -0.1) is 0 Å². The number of benzene rings is 1. The van der Waals surface area contributed by atoms with E-state index in [2.05, 4.69) is 28.7 Å². The molecule has 206 valence electrons. The maximum atomic E-state index is 13.5. The molecule has 3 unspecified atom stereocenters. The average Bonchev–Trinajstić information content (AvgIpc) is 2.88. The van der Waals surface area contributed by atoms with E-state index < -0.39 is 35.9 Å². The SMILES string of the molecule is COC(=O)C1CCCN(C(=O)C(Cc2cccc(O)c2)NC(=O)C(NC(=O)CCOCCS)C(C)C)N1. The fraction of sp³-hybridized carbons (Fsp3) is 0.600. The number of nitrogens with zero attached hydrogens (tertiary/aromatic N) is 1. The number of methoxy groups -OCH3 is 1. The van der Waals surface area contributed by atoms with Crippen LogP contribution in [0, 0.1) is 5.92 Å². The summed E-state index contributed by atoms with van der Waals surface area (Å²) in [7, 11) is 1.28. The number of nitrogens with one attached hydrogen (secondary N) is 3. The van der Waals surface area contributed by atoms with Crippen molar-refractivity contribution in [1.29, 1.82) is 0 Å². The van der Waals surface area contributed by atoms with Crippen LogP contribution in [-0.2, 0) is 35.1 Å². The summed E-state index contributed by atoms with van der Waals surface area (Å²) in [5.74, 6) is -1.46. The summed E-state index contributed by atoms with van der Waals surface area (Å²) in [6, 6.07) is 3.83. The molecule has 1 heterocycles. The molecule has 0 saturated carbocycles. The minimum Gasteiger partial charge on any atom is -0.508 e. The summed E-state index contributed by atoms with van der Waals surface area (Å²) < 4.78 is 10.1. The number of hydrogen-bond donors (Lipinski definition) is 5. The van der Waals surface area contributed by atoms with Crippen molar-refractivity contribution in [3.05, 3.63) is 29.8 Å². The zero-order valence-electron chi connectivity index (χ0n) is 21.6. The van der Waals surface area contributed by atoms with Gasteiger partial charge < -0.3 is 25.2 Å². The molecular weight excluding hydrogens is 500 g/mol. The van der Waals surface area contributed by atoms with Gasteiger partial charge in [0, 0.05) is 25.1 Å². The second kappa shape index (κ2) is 15.4. The van der Waals surface area contributed by atoms with Crippen LogP contribution in [-0.4, -0.2) is 84.6 Å². The molecule has 0 aromatic heterocycles. The lowest BCUT2D eigenvalue weighted by Crippen LogP contribution is -2.62. The number of thiol groups is 1. The molecule has 3 atom stereocenters. The molecule has 0 bridgehead atoms. The second-order valence-corrected chi connectivity index (χ2v) is 9.59. The first-order valence-electron chi connectivity index (χ1n) is 12.4. The lowest BCUT2D eigenvalue weighted by molar-refractivity contribution is -0.151. The molecule has 0 radical (unpaired) electrons. The monoisotopic (exact) mass is 538 g/mol. The summed E-state index contributed by atoms with van der Waals surface area (Å²) in [5.41, 5.74) is 3.52. The number of esters is 1. The van der Waals surface area contributed by atoms with Crippen molar-refractivity contribution < 1.29 is 33.8 Å². The van der Waals surface area contributed by atoms with Crippen molar-refractivity contribution in [2.75, 3.05) is 32.6 Å². The number of rotatable bonds is 13. The van der Waals surface area contributed by atoms with Gasteiger partial charge in [-0.3, -0.25) is 24.2 Å². The van der Waals surface area contributed by atoms with Crippen LogP contribution in [0.4, 0.5) is 0 Å². The quantitative estimate of drug-likeness (QED) is 0.139. The van der Waals surface area contributed by atoms with Crippen LogP contribution in [0.5, 0.6) is 5.75 Å². The number of phenols is 1. The topological polar surface area (TPSA) is 146 Å². The minimum atomic E-state index is -1.02. The molecule has 2 rings (SSSR count). The fourth-order valence-corrected chi connectivity index (χ4v) is 4.07. The predicted octanol–water partition coefficient (Wildman–Crippen LogP) is 0.565. The van der Waals surface area contributed by atoms with Crippen molar-refractivity contribution >= 4 is 36.3 Å². The van der Waals surface area contributed by atoms with Crippen LogP contribution in [0.3, 0.4) is 0 Å². The average molecular weight is 539 g/mol. The highest BCUT2D eigenvalue weighted by molar-refractivity contribution is 7.80. The Morgan fingerprint density at radius 3 is 2.62 bits per heavy atom. The highest BCUT2D eigenvalue weighted by Crippen LogP contribution is 2.16. The number of ether oxygens (including phenoxy) is 2. The molecule has 1 aromatic carbocycles. The van der Waals surface area contributed by atoms with Crippen LogP contribution in [0.15, 0.2) is 24.3 Å². The number of amides is 3. The molecule has 11 nitrogen and oxygen atoms in total. The van der Waals surface area contributed by atoms with Gasteiger partial charge >= 0.3 is 5.97 Å². The minimum absolute atomic E-state index is 0.0318. The van der Waals surface area contributed by atoms with E-state index in [9.17, 15) is 24.3 Å². The van der Waals surface area contributed by atoms with E-state index in [0.717, 1.165) is 0 Å². The molecule has 1 aliphatic rings. The fourth-order valence-electron chi connectivity index (χ4n) is 3.94. The molecule has 1 fully saturated rings. The third-order valence-electron chi connectivity index (χ3n) is 5.88. The van der Waals surface area contributed by atoms with Gasteiger partial charge in [-0.2, -0.15) is 12.6 Å². The predicted molar refractivity (Wildman–Crippen MR) is 140 cm³/mol. The van der Waals surface area contributed by atoms with Crippen molar-refractivity contribution in [3.8, 4) is 5.75 Å². The van der Waals surface area contributed by atoms with E-state index in [1.54, 1.807) is 26.0 Å². The van der Waals surface area contributed by atoms with E-state index in [1.807, 2.05) is 0 Å². The lowest BCUT2D eigenvalue weighted by Gasteiger charge is -2.35. The van der Waals surface area contributed by atoms with E-state index in [4.69, 9.17) is 9.47 Å². The van der Waals surface area contributed by atoms with Gasteiger partial charge in [0.25, 0.3) is 5.91 Å². The van der Waals surface area contributed by atoms with Gasteiger partial charge in [-0.05, 0) is 36.5 Å². The zero-order valence-corrected chi connectivity index (χ0v) is 22.5. The molecule has 1 saturated heterocycles. The number of phenolic OH excluding ortho intramolecular Hbond substituents is 1. The summed E-state index contributed by atoms with van der Waals surface area (Å²) in [6.07, 6.45) is 1.27.